The zero-order valence-corrected chi connectivity index (χ0v) is 17.1. The van der Waals surface area contributed by atoms with Crippen molar-refractivity contribution in [1.29, 1.82) is 0 Å². The van der Waals surface area contributed by atoms with Crippen LogP contribution in [0.15, 0.2) is 11.6 Å². The van der Waals surface area contributed by atoms with Gasteiger partial charge in [-0.3, -0.25) is 9.69 Å². The third-order valence-electron chi connectivity index (χ3n) is 7.82. The van der Waals surface area contributed by atoms with E-state index in [2.05, 4.69) is 11.8 Å². The fourth-order valence-corrected chi connectivity index (χ4v) is 6.64. The largest absolute Gasteiger partial charge is 0.460 e. The summed E-state index contributed by atoms with van der Waals surface area (Å²) in [5, 5.41) is 0. The van der Waals surface area contributed by atoms with Crippen LogP contribution in [0.2, 0.25) is 0 Å². The number of hydrogen-bond donors (Lipinski definition) is 0. The second-order valence-electron chi connectivity index (χ2n) is 9.39. The molecule has 154 valence electrons. The van der Waals surface area contributed by atoms with E-state index in [4.69, 9.17) is 14.2 Å². The molecule has 5 aliphatic rings. The van der Waals surface area contributed by atoms with Crippen molar-refractivity contribution < 1.29 is 23.8 Å². The summed E-state index contributed by atoms with van der Waals surface area (Å²) in [7, 11) is 0. The minimum Gasteiger partial charge on any atom is -0.460 e. The van der Waals surface area contributed by atoms with Gasteiger partial charge in [-0.25, -0.2) is 4.79 Å². The molecule has 0 N–H and O–H groups in total. The highest BCUT2D eigenvalue weighted by atomic mass is 16.7. The first-order valence-corrected chi connectivity index (χ1v) is 11.0. The minimum absolute atomic E-state index is 0.0104. The van der Waals surface area contributed by atoms with Crippen LogP contribution in [-0.2, 0) is 23.8 Å². The first-order valence-electron chi connectivity index (χ1n) is 11.0. The van der Waals surface area contributed by atoms with Gasteiger partial charge in [0.1, 0.15) is 6.10 Å². The molecule has 28 heavy (non-hydrogen) atoms. The Labute approximate surface area is 166 Å². The van der Waals surface area contributed by atoms with Gasteiger partial charge in [-0.05, 0) is 58.1 Å². The van der Waals surface area contributed by atoms with E-state index in [0.29, 0.717) is 23.6 Å². The molecule has 0 aliphatic carbocycles. The van der Waals surface area contributed by atoms with Crippen molar-refractivity contribution >= 4 is 11.9 Å². The maximum Gasteiger partial charge on any atom is 0.336 e. The van der Waals surface area contributed by atoms with E-state index in [1.807, 2.05) is 19.9 Å². The number of nitrogens with zero attached hydrogens (tertiary/aromatic N) is 1. The molecule has 0 aromatic carbocycles. The number of carbonyl (C=O) groups is 2. The van der Waals surface area contributed by atoms with Gasteiger partial charge in [0.05, 0.1) is 12.0 Å². The summed E-state index contributed by atoms with van der Waals surface area (Å²) < 4.78 is 18.1. The summed E-state index contributed by atoms with van der Waals surface area (Å²) in [4.78, 5) is 26.7. The monoisotopic (exact) mass is 389 g/mol. The second-order valence-corrected chi connectivity index (χ2v) is 9.39. The molecule has 5 heterocycles. The van der Waals surface area contributed by atoms with Crippen molar-refractivity contribution in [2.45, 2.75) is 89.4 Å². The molecule has 4 fully saturated rings. The Kier molecular flexibility index (Phi) is 4.36. The van der Waals surface area contributed by atoms with E-state index in [0.717, 1.165) is 45.1 Å². The Bertz CT molecular complexity index is 720. The SMILES string of the molecule is CC[C@H]1[C@H]2[C@@H](CCCN3[C@H]2CC[C@H]3[C@@H]2C[C@H](C)C(=O)O2)O[C@]12C=C(C)C(=O)O2. The van der Waals surface area contributed by atoms with Crippen LogP contribution in [0.25, 0.3) is 0 Å². The Morgan fingerprint density at radius 1 is 1.18 bits per heavy atom. The van der Waals surface area contributed by atoms with Crippen LogP contribution in [0, 0.1) is 17.8 Å². The smallest absolute Gasteiger partial charge is 0.336 e. The maximum absolute atomic E-state index is 12.2. The Morgan fingerprint density at radius 2 is 1.96 bits per heavy atom. The first kappa shape index (κ1) is 18.6. The van der Waals surface area contributed by atoms with Crippen LogP contribution in [0.5, 0.6) is 0 Å². The lowest BCUT2D eigenvalue weighted by Crippen LogP contribution is -2.48. The molecule has 5 aliphatic heterocycles. The zero-order valence-electron chi connectivity index (χ0n) is 17.1. The van der Waals surface area contributed by atoms with Gasteiger partial charge >= 0.3 is 11.9 Å². The van der Waals surface area contributed by atoms with Crippen LogP contribution < -0.4 is 0 Å². The molecule has 4 saturated heterocycles. The van der Waals surface area contributed by atoms with Gasteiger partial charge in [-0.1, -0.05) is 13.8 Å². The van der Waals surface area contributed by atoms with Crippen molar-refractivity contribution in [2.75, 3.05) is 6.54 Å². The number of ether oxygens (including phenoxy) is 3. The van der Waals surface area contributed by atoms with Crippen LogP contribution in [0.1, 0.15) is 59.3 Å². The average Bonchev–Trinajstić information content (AvgIpc) is 3.33. The summed E-state index contributed by atoms with van der Waals surface area (Å²) in [5.41, 5.74) is 0.655. The van der Waals surface area contributed by atoms with E-state index in [9.17, 15) is 9.59 Å². The summed E-state index contributed by atoms with van der Waals surface area (Å²) in [6.45, 7) is 6.99. The van der Waals surface area contributed by atoms with Crippen LogP contribution in [-0.4, -0.2) is 53.5 Å². The number of fused-ring (bicyclic) bond motifs is 3. The summed E-state index contributed by atoms with van der Waals surface area (Å²) >= 11 is 0. The van der Waals surface area contributed by atoms with Gasteiger partial charge < -0.3 is 14.2 Å². The highest BCUT2D eigenvalue weighted by Gasteiger charge is 2.62. The van der Waals surface area contributed by atoms with Crippen LogP contribution in [0.4, 0.5) is 0 Å². The van der Waals surface area contributed by atoms with Gasteiger partial charge in [0.25, 0.3) is 0 Å². The second kappa shape index (κ2) is 6.56. The Hall–Kier alpha value is -1.40. The Morgan fingerprint density at radius 3 is 2.61 bits per heavy atom. The van der Waals surface area contributed by atoms with Gasteiger partial charge in [0.15, 0.2) is 0 Å². The predicted molar refractivity (Wildman–Crippen MR) is 101 cm³/mol. The number of cyclic esters (lactones) is 1. The number of esters is 2. The third kappa shape index (κ3) is 2.60. The molecular weight excluding hydrogens is 358 g/mol. The van der Waals surface area contributed by atoms with Gasteiger partial charge in [-0.15, -0.1) is 0 Å². The first-order chi connectivity index (χ1) is 13.4. The normalized spacial score (nSPS) is 48.2. The molecule has 6 nitrogen and oxygen atoms in total. The summed E-state index contributed by atoms with van der Waals surface area (Å²) in [6.07, 6.45) is 8.04. The standard InChI is InChI=1S/C22H31NO5/c1-4-14-19-16-8-7-15(18-10-12(2)20(24)26-18)23(16)9-5-6-17(19)27-22(14)11-13(3)21(25)28-22/h11-12,14-19H,4-10H2,1-3H3/t12-,14-,15-,16-,17+,18-,19+,22-/m0/s1. The van der Waals surface area contributed by atoms with Crippen molar-refractivity contribution in [3.05, 3.63) is 11.6 Å². The molecule has 0 bridgehead atoms. The topological polar surface area (TPSA) is 65.1 Å². The molecule has 0 unspecified atom stereocenters. The van der Waals surface area contributed by atoms with Crippen molar-refractivity contribution in [2.24, 2.45) is 17.8 Å². The van der Waals surface area contributed by atoms with Gasteiger partial charge in [0, 0.05) is 29.5 Å². The fraction of sp³-hybridized carbons (Fsp3) is 0.818. The molecule has 1 spiro atoms. The quantitative estimate of drug-likeness (QED) is 0.677. The maximum atomic E-state index is 12.2. The van der Waals surface area contributed by atoms with E-state index in [1.54, 1.807) is 0 Å². The summed E-state index contributed by atoms with van der Waals surface area (Å²) in [5.74, 6) is -0.635. The highest BCUT2D eigenvalue weighted by molar-refractivity contribution is 5.90. The molecular formula is C22H31NO5. The fourth-order valence-electron chi connectivity index (χ4n) is 6.64. The van der Waals surface area contributed by atoms with Gasteiger partial charge in [-0.2, -0.15) is 0 Å². The van der Waals surface area contributed by atoms with E-state index in [-0.39, 0.29) is 36.0 Å². The zero-order chi connectivity index (χ0) is 19.6. The highest BCUT2D eigenvalue weighted by Crippen LogP contribution is 2.54. The van der Waals surface area contributed by atoms with E-state index >= 15 is 0 Å². The molecule has 0 saturated carbocycles. The molecule has 8 atom stereocenters. The number of hydrogen-bond acceptors (Lipinski definition) is 6. The lowest BCUT2D eigenvalue weighted by atomic mass is 9.77. The van der Waals surface area contributed by atoms with Crippen LogP contribution >= 0.6 is 0 Å². The lowest BCUT2D eigenvalue weighted by molar-refractivity contribution is -0.204. The Balaban J connectivity index is 1.43. The van der Waals surface area contributed by atoms with Gasteiger partial charge in [0.2, 0.25) is 5.79 Å². The third-order valence-corrected chi connectivity index (χ3v) is 7.82. The van der Waals surface area contributed by atoms with E-state index < -0.39 is 5.79 Å². The molecule has 0 radical (unpaired) electrons. The number of rotatable bonds is 2. The summed E-state index contributed by atoms with van der Waals surface area (Å²) in [6, 6.07) is 0.722. The molecule has 5 rings (SSSR count). The molecule has 0 aromatic heterocycles. The lowest BCUT2D eigenvalue weighted by Gasteiger charge is -2.37. The van der Waals surface area contributed by atoms with Crippen molar-refractivity contribution in [1.82, 2.24) is 4.90 Å². The van der Waals surface area contributed by atoms with Crippen molar-refractivity contribution in [3.63, 3.8) is 0 Å². The molecule has 0 amide bonds. The van der Waals surface area contributed by atoms with E-state index in [1.165, 1.54) is 0 Å². The number of carbonyl (C=O) groups excluding carboxylic acids is 2. The van der Waals surface area contributed by atoms with Crippen molar-refractivity contribution in [3.8, 4) is 0 Å². The minimum atomic E-state index is -0.874. The average molecular weight is 389 g/mol. The predicted octanol–water partition coefficient (Wildman–Crippen LogP) is 2.81. The van der Waals surface area contributed by atoms with Crippen LogP contribution in [0.3, 0.4) is 0 Å². The molecule has 6 heteroatoms. The molecule has 0 aromatic rings.